The van der Waals surface area contributed by atoms with Crippen molar-refractivity contribution in [3.05, 3.63) is 51.8 Å². The van der Waals surface area contributed by atoms with Gasteiger partial charge in [0.2, 0.25) is 0 Å². The van der Waals surface area contributed by atoms with Gasteiger partial charge in [-0.25, -0.2) is 0 Å². The molecule has 120 valence electrons. The van der Waals surface area contributed by atoms with E-state index in [-0.39, 0.29) is 5.91 Å². The van der Waals surface area contributed by atoms with Crippen molar-refractivity contribution in [3.8, 4) is 0 Å². The number of rotatable bonds is 4. The van der Waals surface area contributed by atoms with Crippen molar-refractivity contribution < 1.29 is 9.53 Å². The molecule has 1 aromatic heterocycles. The van der Waals surface area contributed by atoms with Gasteiger partial charge < -0.3 is 14.6 Å². The lowest BCUT2D eigenvalue weighted by atomic mass is 10.0. The van der Waals surface area contributed by atoms with Crippen LogP contribution < -0.4 is 5.32 Å². The number of nitrogens with one attached hydrogen (secondary N) is 1. The van der Waals surface area contributed by atoms with Crippen LogP contribution in [0.3, 0.4) is 0 Å². The van der Waals surface area contributed by atoms with Crippen molar-refractivity contribution in [2.75, 3.05) is 19.0 Å². The minimum absolute atomic E-state index is 0.0936. The van der Waals surface area contributed by atoms with Gasteiger partial charge in [0, 0.05) is 41.2 Å². The van der Waals surface area contributed by atoms with Crippen molar-refractivity contribution >= 4 is 34.8 Å². The number of halogens is 1. The standard InChI is InChI=1S/C18H19ClN2O2/c1-11-8-13(12(2)21(11)6-7-23-3)9-16-15-5-4-14(19)10-17(15)20-18(16)22/h4-5,8-10H,6-7H2,1-3H3,(H,20,22)/b16-9-. The Kier molecular flexibility index (Phi) is 4.28. The third-order valence-electron chi connectivity index (χ3n) is 4.20. The molecule has 2 aromatic rings. The molecule has 1 aliphatic heterocycles. The maximum absolute atomic E-state index is 12.3. The Morgan fingerprint density at radius 2 is 2.09 bits per heavy atom. The first kappa shape index (κ1) is 15.8. The number of hydrogen-bond acceptors (Lipinski definition) is 2. The number of methoxy groups -OCH3 is 1. The lowest BCUT2D eigenvalue weighted by molar-refractivity contribution is -0.110. The summed E-state index contributed by atoms with van der Waals surface area (Å²) in [4.78, 5) is 12.3. The van der Waals surface area contributed by atoms with Crippen LogP contribution in [0.4, 0.5) is 5.69 Å². The highest BCUT2D eigenvalue weighted by atomic mass is 35.5. The van der Waals surface area contributed by atoms with Crippen LogP contribution in [0, 0.1) is 13.8 Å². The monoisotopic (exact) mass is 330 g/mol. The second kappa shape index (κ2) is 6.22. The highest BCUT2D eigenvalue weighted by Gasteiger charge is 2.24. The lowest BCUT2D eigenvalue weighted by Crippen LogP contribution is -2.07. The molecule has 0 fully saturated rings. The Labute approximate surface area is 140 Å². The van der Waals surface area contributed by atoms with E-state index >= 15 is 0 Å². The van der Waals surface area contributed by atoms with Gasteiger partial charge in [0.05, 0.1) is 12.3 Å². The number of hydrogen-bond donors (Lipinski definition) is 1. The molecular formula is C18H19ClN2O2. The van der Waals surface area contributed by atoms with Gasteiger partial charge in [0.1, 0.15) is 0 Å². The molecule has 2 heterocycles. The average Bonchev–Trinajstić information content (AvgIpc) is 2.95. The fraction of sp³-hybridized carbons (Fsp3) is 0.278. The van der Waals surface area contributed by atoms with E-state index in [9.17, 15) is 4.79 Å². The number of carbonyl (C=O) groups is 1. The normalized spacial score (nSPS) is 15.1. The fourth-order valence-corrected chi connectivity index (χ4v) is 3.14. The number of amides is 1. The number of aromatic nitrogens is 1. The molecule has 0 aliphatic carbocycles. The molecule has 3 rings (SSSR count). The molecular weight excluding hydrogens is 312 g/mol. The molecule has 0 spiro atoms. The van der Waals surface area contributed by atoms with Crippen molar-refractivity contribution in [1.82, 2.24) is 4.57 Å². The maximum atomic E-state index is 12.3. The molecule has 0 saturated heterocycles. The van der Waals surface area contributed by atoms with Crippen LogP contribution in [0.15, 0.2) is 24.3 Å². The molecule has 1 aromatic carbocycles. The van der Waals surface area contributed by atoms with E-state index < -0.39 is 0 Å². The van der Waals surface area contributed by atoms with Gasteiger partial charge in [-0.3, -0.25) is 4.79 Å². The SMILES string of the molecule is COCCn1c(C)cc(/C=C2\C(=O)Nc3cc(Cl)ccc32)c1C. The Balaban J connectivity index is 2.01. The summed E-state index contributed by atoms with van der Waals surface area (Å²) in [6.07, 6.45) is 1.95. The van der Waals surface area contributed by atoms with E-state index in [0.717, 1.165) is 34.7 Å². The Morgan fingerprint density at radius 3 is 2.83 bits per heavy atom. The summed E-state index contributed by atoms with van der Waals surface area (Å²) in [6, 6.07) is 7.55. The van der Waals surface area contributed by atoms with Crippen molar-refractivity contribution in [1.29, 1.82) is 0 Å². The van der Waals surface area contributed by atoms with Crippen LogP contribution in [-0.4, -0.2) is 24.2 Å². The van der Waals surface area contributed by atoms with E-state index in [1.165, 1.54) is 0 Å². The topological polar surface area (TPSA) is 43.3 Å². The lowest BCUT2D eigenvalue weighted by Gasteiger charge is -2.08. The molecule has 0 radical (unpaired) electrons. The average molecular weight is 331 g/mol. The molecule has 0 unspecified atom stereocenters. The Bertz CT molecular complexity index is 806. The number of benzene rings is 1. The highest BCUT2D eigenvalue weighted by molar-refractivity contribution is 6.36. The summed E-state index contributed by atoms with van der Waals surface area (Å²) in [5, 5.41) is 3.48. The van der Waals surface area contributed by atoms with Crippen molar-refractivity contribution in [2.45, 2.75) is 20.4 Å². The summed E-state index contributed by atoms with van der Waals surface area (Å²) in [5.41, 5.74) is 5.65. The first-order chi connectivity index (χ1) is 11.0. The Morgan fingerprint density at radius 1 is 1.30 bits per heavy atom. The van der Waals surface area contributed by atoms with Gasteiger partial charge >= 0.3 is 0 Å². The first-order valence-electron chi connectivity index (χ1n) is 7.50. The van der Waals surface area contributed by atoms with E-state index in [1.807, 2.05) is 12.1 Å². The van der Waals surface area contributed by atoms with Gasteiger partial charge in [-0.05, 0) is 43.7 Å². The number of anilines is 1. The summed E-state index contributed by atoms with van der Waals surface area (Å²) < 4.78 is 7.36. The number of nitrogens with zero attached hydrogens (tertiary/aromatic N) is 1. The van der Waals surface area contributed by atoms with Gasteiger partial charge in [-0.1, -0.05) is 17.7 Å². The van der Waals surface area contributed by atoms with Crippen LogP contribution >= 0.6 is 11.6 Å². The zero-order valence-corrected chi connectivity index (χ0v) is 14.2. The highest BCUT2D eigenvalue weighted by Crippen LogP contribution is 2.35. The van der Waals surface area contributed by atoms with E-state index in [1.54, 1.807) is 19.2 Å². The Hall–Kier alpha value is -2.04. The maximum Gasteiger partial charge on any atom is 0.256 e. The number of carbonyl (C=O) groups excluding carboxylic acids is 1. The van der Waals surface area contributed by atoms with Gasteiger partial charge in [-0.15, -0.1) is 0 Å². The van der Waals surface area contributed by atoms with Gasteiger partial charge in [-0.2, -0.15) is 0 Å². The van der Waals surface area contributed by atoms with Crippen LogP contribution in [0.25, 0.3) is 11.6 Å². The quantitative estimate of drug-likeness (QED) is 0.864. The van der Waals surface area contributed by atoms with Crippen LogP contribution in [0.2, 0.25) is 5.02 Å². The minimum atomic E-state index is -0.0936. The van der Waals surface area contributed by atoms with Crippen molar-refractivity contribution in [2.24, 2.45) is 0 Å². The van der Waals surface area contributed by atoms with Crippen LogP contribution in [-0.2, 0) is 16.1 Å². The fourth-order valence-electron chi connectivity index (χ4n) is 2.97. The third-order valence-corrected chi connectivity index (χ3v) is 4.43. The zero-order valence-electron chi connectivity index (χ0n) is 13.4. The molecule has 4 nitrogen and oxygen atoms in total. The largest absolute Gasteiger partial charge is 0.383 e. The predicted octanol–water partition coefficient (Wildman–Crippen LogP) is 3.90. The molecule has 0 bridgehead atoms. The molecule has 0 saturated carbocycles. The number of ether oxygens (including phenoxy) is 1. The van der Waals surface area contributed by atoms with E-state index in [4.69, 9.17) is 16.3 Å². The molecule has 23 heavy (non-hydrogen) atoms. The zero-order chi connectivity index (χ0) is 16.6. The summed E-state index contributed by atoms with van der Waals surface area (Å²) in [6.45, 7) is 5.59. The first-order valence-corrected chi connectivity index (χ1v) is 7.87. The van der Waals surface area contributed by atoms with Gasteiger partial charge in [0.25, 0.3) is 5.91 Å². The van der Waals surface area contributed by atoms with Crippen molar-refractivity contribution in [3.63, 3.8) is 0 Å². The minimum Gasteiger partial charge on any atom is -0.383 e. The summed E-state index contributed by atoms with van der Waals surface area (Å²) in [7, 11) is 1.70. The van der Waals surface area contributed by atoms with Gasteiger partial charge in [0.15, 0.2) is 0 Å². The number of aryl methyl sites for hydroxylation is 1. The molecule has 1 aliphatic rings. The molecule has 0 atom stereocenters. The van der Waals surface area contributed by atoms with Crippen LogP contribution in [0.1, 0.15) is 22.5 Å². The van der Waals surface area contributed by atoms with E-state index in [0.29, 0.717) is 17.2 Å². The molecule has 1 N–H and O–H groups in total. The third kappa shape index (κ3) is 2.92. The van der Waals surface area contributed by atoms with Crippen LogP contribution in [0.5, 0.6) is 0 Å². The summed E-state index contributed by atoms with van der Waals surface area (Å²) >= 11 is 5.99. The second-order valence-electron chi connectivity index (χ2n) is 5.67. The predicted molar refractivity (Wildman–Crippen MR) is 93.7 cm³/mol. The van der Waals surface area contributed by atoms with E-state index in [2.05, 4.69) is 29.8 Å². The second-order valence-corrected chi connectivity index (χ2v) is 6.11. The summed E-state index contributed by atoms with van der Waals surface area (Å²) in [5.74, 6) is -0.0936. The smallest absolute Gasteiger partial charge is 0.256 e. The number of fused-ring (bicyclic) bond motifs is 1. The molecule has 1 amide bonds. The molecule has 5 heteroatoms.